The van der Waals surface area contributed by atoms with Gasteiger partial charge >= 0.3 is 0 Å². The second kappa shape index (κ2) is 5.08. The molecule has 1 aromatic heterocycles. The van der Waals surface area contributed by atoms with Crippen molar-refractivity contribution in [3.8, 4) is 5.75 Å². The van der Waals surface area contributed by atoms with Gasteiger partial charge in [0.15, 0.2) is 11.6 Å². The molecule has 2 saturated carbocycles. The Labute approximate surface area is 120 Å². The van der Waals surface area contributed by atoms with Gasteiger partial charge in [-0.3, -0.25) is 0 Å². The van der Waals surface area contributed by atoms with Crippen LogP contribution in [0.1, 0.15) is 50.5 Å². The lowest BCUT2D eigenvalue weighted by molar-refractivity contribution is 0.457. The third kappa shape index (κ3) is 2.51. The van der Waals surface area contributed by atoms with Crippen molar-refractivity contribution >= 4 is 6.08 Å². The highest BCUT2D eigenvalue weighted by atomic mass is 16.3. The van der Waals surface area contributed by atoms with Crippen LogP contribution in [0, 0.1) is 17.3 Å². The molecule has 0 aliphatic heterocycles. The van der Waals surface area contributed by atoms with Gasteiger partial charge in [0, 0.05) is 0 Å². The summed E-state index contributed by atoms with van der Waals surface area (Å²) < 4.78 is 0. The van der Waals surface area contributed by atoms with E-state index in [-0.39, 0.29) is 5.75 Å². The summed E-state index contributed by atoms with van der Waals surface area (Å²) in [5.41, 5.74) is 6.84. The molecular weight excluding hydrogens is 250 g/mol. The first kappa shape index (κ1) is 13.4. The molecule has 20 heavy (non-hydrogen) atoms. The van der Waals surface area contributed by atoms with Gasteiger partial charge in [-0.2, -0.15) is 0 Å². The zero-order valence-electron chi connectivity index (χ0n) is 12.0. The van der Waals surface area contributed by atoms with Gasteiger partial charge in [0.2, 0.25) is 0 Å². The summed E-state index contributed by atoms with van der Waals surface area (Å²) in [6.07, 6.45) is 11.9. The number of nitrogens with two attached hydrogens (primary N) is 1. The average molecular weight is 273 g/mol. The van der Waals surface area contributed by atoms with Gasteiger partial charge in [-0.25, -0.2) is 9.97 Å². The molecule has 1 heterocycles. The second-order valence-electron chi connectivity index (χ2n) is 6.40. The van der Waals surface area contributed by atoms with Crippen LogP contribution in [0.5, 0.6) is 5.75 Å². The average Bonchev–Trinajstić information content (AvgIpc) is 3.29. The summed E-state index contributed by atoms with van der Waals surface area (Å²) in [5.74, 6) is 2.71. The third-order valence-corrected chi connectivity index (χ3v) is 5.11. The minimum atomic E-state index is 0.192. The number of aromatic hydroxyl groups is 1. The Balaban J connectivity index is 1.45. The number of rotatable bonds is 6. The van der Waals surface area contributed by atoms with Crippen molar-refractivity contribution in [2.24, 2.45) is 23.0 Å². The van der Waals surface area contributed by atoms with Crippen LogP contribution < -0.4 is 5.73 Å². The molecule has 1 aromatic rings. The van der Waals surface area contributed by atoms with Gasteiger partial charge in [0.1, 0.15) is 0 Å². The van der Waals surface area contributed by atoms with E-state index in [0.717, 1.165) is 35.8 Å². The normalized spacial score (nSPS) is 31.1. The Morgan fingerprint density at radius 3 is 2.90 bits per heavy atom. The van der Waals surface area contributed by atoms with Gasteiger partial charge in [0.05, 0.1) is 11.9 Å². The summed E-state index contributed by atoms with van der Waals surface area (Å²) in [6, 6.07) is 0. The molecule has 3 rings (SSSR count). The van der Waals surface area contributed by atoms with Gasteiger partial charge in [-0.1, -0.05) is 13.3 Å². The molecule has 0 bridgehead atoms. The lowest BCUT2D eigenvalue weighted by Crippen LogP contribution is -1.97. The Hall–Kier alpha value is -1.58. The second-order valence-corrected chi connectivity index (χ2v) is 6.40. The highest BCUT2D eigenvalue weighted by Gasteiger charge is 2.67. The zero-order chi connectivity index (χ0) is 14.2. The maximum atomic E-state index is 9.77. The Morgan fingerprint density at radius 2 is 2.25 bits per heavy atom. The van der Waals surface area contributed by atoms with Crippen LogP contribution in [0.2, 0.25) is 0 Å². The van der Waals surface area contributed by atoms with Crippen LogP contribution in [0.4, 0.5) is 0 Å². The van der Waals surface area contributed by atoms with Gasteiger partial charge < -0.3 is 10.8 Å². The van der Waals surface area contributed by atoms with Crippen molar-refractivity contribution in [1.82, 2.24) is 9.97 Å². The van der Waals surface area contributed by atoms with E-state index in [1.54, 1.807) is 6.08 Å². The van der Waals surface area contributed by atoms with Gasteiger partial charge in [0.25, 0.3) is 0 Å². The minimum Gasteiger partial charge on any atom is -0.504 e. The summed E-state index contributed by atoms with van der Waals surface area (Å²) in [5, 5.41) is 9.77. The van der Waals surface area contributed by atoms with Crippen LogP contribution >= 0.6 is 0 Å². The summed E-state index contributed by atoms with van der Waals surface area (Å²) >= 11 is 0. The first-order valence-electron chi connectivity index (χ1n) is 7.59. The van der Waals surface area contributed by atoms with E-state index in [4.69, 9.17) is 5.73 Å². The molecule has 2 fully saturated rings. The monoisotopic (exact) mass is 273 g/mol. The van der Waals surface area contributed by atoms with Crippen LogP contribution in [0.3, 0.4) is 0 Å². The van der Waals surface area contributed by atoms with Gasteiger partial charge in [-0.05, 0) is 61.6 Å². The SMILES string of the molecule is CC1C[C@@]12C[C@H]2CCCCc1nc(C=CN)ncc1O. The highest BCUT2D eigenvalue weighted by Crippen LogP contribution is 2.75. The minimum absolute atomic E-state index is 0.192. The fraction of sp³-hybridized carbons (Fsp3) is 0.625. The molecule has 3 atom stereocenters. The molecule has 0 radical (unpaired) electrons. The maximum Gasteiger partial charge on any atom is 0.155 e. The Morgan fingerprint density at radius 1 is 1.45 bits per heavy atom. The van der Waals surface area contributed by atoms with Crippen molar-refractivity contribution in [2.45, 2.75) is 45.4 Å². The first-order chi connectivity index (χ1) is 9.65. The first-order valence-corrected chi connectivity index (χ1v) is 7.59. The van der Waals surface area contributed by atoms with E-state index in [1.165, 1.54) is 38.1 Å². The molecule has 2 aliphatic carbocycles. The van der Waals surface area contributed by atoms with E-state index in [0.29, 0.717) is 5.82 Å². The predicted octanol–water partition coefficient (Wildman–Crippen LogP) is 2.87. The third-order valence-electron chi connectivity index (χ3n) is 5.11. The van der Waals surface area contributed by atoms with Crippen molar-refractivity contribution in [3.05, 3.63) is 23.9 Å². The lowest BCUT2D eigenvalue weighted by atomic mass is 10.1. The fourth-order valence-corrected chi connectivity index (χ4v) is 3.61. The number of aromatic nitrogens is 2. The number of hydrogen-bond acceptors (Lipinski definition) is 4. The topological polar surface area (TPSA) is 72.0 Å². The van der Waals surface area contributed by atoms with Crippen molar-refractivity contribution in [2.75, 3.05) is 0 Å². The Bertz CT molecular complexity index is 528. The molecule has 4 nitrogen and oxygen atoms in total. The van der Waals surface area contributed by atoms with E-state index >= 15 is 0 Å². The molecule has 0 aromatic carbocycles. The lowest BCUT2D eigenvalue weighted by Gasteiger charge is -2.04. The number of unbranched alkanes of at least 4 members (excludes halogenated alkanes) is 1. The van der Waals surface area contributed by atoms with Crippen LogP contribution in [-0.2, 0) is 6.42 Å². The van der Waals surface area contributed by atoms with E-state index in [2.05, 4.69) is 16.9 Å². The molecular formula is C16H23N3O. The fourth-order valence-electron chi connectivity index (χ4n) is 3.61. The molecule has 4 heteroatoms. The molecule has 1 unspecified atom stereocenters. The van der Waals surface area contributed by atoms with E-state index < -0.39 is 0 Å². The van der Waals surface area contributed by atoms with E-state index in [1.807, 2.05) is 0 Å². The highest BCUT2D eigenvalue weighted by molar-refractivity contribution is 5.40. The zero-order valence-corrected chi connectivity index (χ0v) is 12.0. The molecule has 2 aliphatic rings. The van der Waals surface area contributed by atoms with Crippen LogP contribution in [0.25, 0.3) is 6.08 Å². The van der Waals surface area contributed by atoms with E-state index in [9.17, 15) is 5.11 Å². The van der Waals surface area contributed by atoms with Crippen LogP contribution in [0.15, 0.2) is 12.4 Å². The number of hydrogen-bond donors (Lipinski definition) is 2. The molecule has 1 spiro atoms. The summed E-state index contributed by atoms with van der Waals surface area (Å²) in [4.78, 5) is 8.32. The largest absolute Gasteiger partial charge is 0.504 e. The quantitative estimate of drug-likeness (QED) is 0.782. The Kier molecular flexibility index (Phi) is 3.40. The summed E-state index contributed by atoms with van der Waals surface area (Å²) in [6.45, 7) is 2.38. The molecule has 3 N–H and O–H groups in total. The van der Waals surface area contributed by atoms with Gasteiger partial charge in [-0.15, -0.1) is 0 Å². The van der Waals surface area contributed by atoms with Crippen molar-refractivity contribution in [1.29, 1.82) is 0 Å². The molecule has 108 valence electrons. The number of aryl methyl sites for hydroxylation is 1. The maximum absolute atomic E-state index is 9.77. The van der Waals surface area contributed by atoms with Crippen LogP contribution in [-0.4, -0.2) is 15.1 Å². The molecule has 0 saturated heterocycles. The predicted molar refractivity (Wildman–Crippen MR) is 78.8 cm³/mol. The van der Waals surface area contributed by atoms with Crippen molar-refractivity contribution < 1.29 is 5.11 Å². The summed E-state index contributed by atoms with van der Waals surface area (Å²) in [7, 11) is 0. The number of nitrogens with zero attached hydrogens (tertiary/aromatic N) is 2. The molecule has 0 amide bonds. The smallest absolute Gasteiger partial charge is 0.155 e. The van der Waals surface area contributed by atoms with Crippen molar-refractivity contribution in [3.63, 3.8) is 0 Å². The standard InChI is InChI=1S/C16H23N3O/c1-11-8-16(11)9-12(16)4-2-3-5-13-14(20)10-18-15(19-13)6-7-17/h6-7,10-12,20H,2-5,8-9,17H2,1H3/t11?,12-,16-/m1/s1.